The third-order valence-corrected chi connectivity index (χ3v) is 2.57. The molecule has 0 radical (unpaired) electrons. The largest absolute Gasteiger partial charge is 0.448 e. The summed E-state index contributed by atoms with van der Waals surface area (Å²) < 4.78 is 5.07. The van der Waals surface area contributed by atoms with E-state index in [1.54, 1.807) is 11.1 Å². The summed E-state index contributed by atoms with van der Waals surface area (Å²) >= 11 is 5.86. The van der Waals surface area contributed by atoms with Crippen LogP contribution in [-0.4, -0.2) is 34.3 Å². The highest BCUT2D eigenvalue weighted by atomic mass is 35.5. The number of hydrogen-bond donors (Lipinski definition) is 0. The zero-order valence-electron chi connectivity index (χ0n) is 7.65. The fourth-order valence-electron chi connectivity index (χ4n) is 1.55. The summed E-state index contributed by atoms with van der Waals surface area (Å²) in [6.45, 7) is 1.31. The Morgan fingerprint density at radius 1 is 1.71 bits per heavy atom. The number of carbonyl (C=O) groups is 1. The summed E-state index contributed by atoms with van der Waals surface area (Å²) in [6, 6.07) is 0. The smallest absolute Gasteiger partial charge is 0.224 e. The molecule has 0 aromatic carbocycles. The molecule has 0 saturated carbocycles. The molecule has 76 valence electrons. The first kappa shape index (κ1) is 9.52. The van der Waals surface area contributed by atoms with Crippen molar-refractivity contribution in [2.45, 2.75) is 18.2 Å². The van der Waals surface area contributed by atoms with Gasteiger partial charge < -0.3 is 9.32 Å². The van der Waals surface area contributed by atoms with Crippen LogP contribution in [0.3, 0.4) is 0 Å². The van der Waals surface area contributed by atoms with E-state index >= 15 is 0 Å². The molecule has 0 N–H and O–H groups in total. The lowest BCUT2D eigenvalue weighted by Crippen LogP contribution is -2.27. The maximum Gasteiger partial charge on any atom is 0.224 e. The Morgan fingerprint density at radius 3 is 3.14 bits per heavy atom. The van der Waals surface area contributed by atoms with E-state index in [0.29, 0.717) is 25.9 Å². The summed E-state index contributed by atoms with van der Waals surface area (Å²) in [7, 11) is 0. The highest BCUT2D eigenvalue weighted by molar-refractivity contribution is 6.22. The van der Waals surface area contributed by atoms with E-state index in [0.717, 1.165) is 5.76 Å². The minimum Gasteiger partial charge on any atom is -0.448 e. The third kappa shape index (κ3) is 2.07. The quantitative estimate of drug-likeness (QED) is 0.707. The van der Waals surface area contributed by atoms with Gasteiger partial charge in [-0.1, -0.05) is 0 Å². The van der Waals surface area contributed by atoms with Gasteiger partial charge in [-0.3, -0.25) is 4.79 Å². The molecule has 1 amide bonds. The average molecular weight is 215 g/mol. The number of oxazole rings is 1. The number of alkyl halides is 1. The molecule has 1 aliphatic rings. The van der Waals surface area contributed by atoms with Gasteiger partial charge in [0.15, 0.2) is 6.39 Å². The summed E-state index contributed by atoms with van der Waals surface area (Å²) in [5.74, 6) is 0.931. The standard InChI is InChI=1S/C9H11ClN2O2/c10-7-3-9(13)12(5-7)2-1-8-4-11-6-14-8/h4,6-7H,1-3,5H2. The first-order valence-corrected chi connectivity index (χ1v) is 4.98. The maximum atomic E-state index is 11.3. The van der Waals surface area contributed by atoms with Crippen LogP contribution in [-0.2, 0) is 11.2 Å². The monoisotopic (exact) mass is 214 g/mol. The molecule has 2 rings (SSSR count). The van der Waals surface area contributed by atoms with Gasteiger partial charge in [0.2, 0.25) is 5.91 Å². The lowest BCUT2D eigenvalue weighted by molar-refractivity contribution is -0.127. The maximum absolute atomic E-state index is 11.3. The molecule has 0 aliphatic carbocycles. The van der Waals surface area contributed by atoms with Crippen molar-refractivity contribution in [2.75, 3.05) is 13.1 Å². The molecular weight excluding hydrogens is 204 g/mol. The van der Waals surface area contributed by atoms with Crippen molar-refractivity contribution in [3.63, 3.8) is 0 Å². The normalized spacial score (nSPS) is 21.9. The van der Waals surface area contributed by atoms with Crippen molar-refractivity contribution in [1.82, 2.24) is 9.88 Å². The molecule has 1 unspecified atom stereocenters. The average Bonchev–Trinajstić information content (AvgIpc) is 2.72. The highest BCUT2D eigenvalue weighted by Gasteiger charge is 2.27. The number of rotatable bonds is 3. The van der Waals surface area contributed by atoms with Crippen molar-refractivity contribution < 1.29 is 9.21 Å². The zero-order chi connectivity index (χ0) is 9.97. The molecule has 5 heteroatoms. The molecule has 14 heavy (non-hydrogen) atoms. The van der Waals surface area contributed by atoms with E-state index in [4.69, 9.17) is 16.0 Å². The Bertz CT molecular complexity index is 313. The molecule has 1 atom stereocenters. The van der Waals surface area contributed by atoms with Crippen molar-refractivity contribution in [1.29, 1.82) is 0 Å². The fourth-order valence-corrected chi connectivity index (χ4v) is 1.85. The summed E-state index contributed by atoms with van der Waals surface area (Å²) in [6.07, 6.45) is 4.22. The van der Waals surface area contributed by atoms with Crippen molar-refractivity contribution in [2.24, 2.45) is 0 Å². The lowest BCUT2D eigenvalue weighted by Gasteiger charge is -2.13. The number of nitrogens with zero attached hydrogens (tertiary/aromatic N) is 2. The number of hydrogen-bond acceptors (Lipinski definition) is 3. The molecular formula is C9H11ClN2O2. The molecule has 1 fully saturated rings. The van der Waals surface area contributed by atoms with E-state index in [2.05, 4.69) is 4.98 Å². The minimum atomic E-state index is -0.0303. The van der Waals surface area contributed by atoms with Crippen LogP contribution < -0.4 is 0 Å². The Morgan fingerprint density at radius 2 is 2.57 bits per heavy atom. The Kier molecular flexibility index (Phi) is 2.72. The number of carbonyl (C=O) groups excluding carboxylic acids is 1. The number of likely N-dealkylation sites (tertiary alicyclic amines) is 1. The van der Waals surface area contributed by atoms with Gasteiger partial charge in [0.05, 0.1) is 11.6 Å². The van der Waals surface area contributed by atoms with Gasteiger partial charge in [-0.15, -0.1) is 11.6 Å². The number of aromatic nitrogens is 1. The lowest BCUT2D eigenvalue weighted by atomic mass is 10.3. The molecule has 1 saturated heterocycles. The van der Waals surface area contributed by atoms with Gasteiger partial charge in [0, 0.05) is 25.9 Å². The van der Waals surface area contributed by atoms with Crippen LogP contribution in [0.25, 0.3) is 0 Å². The molecule has 0 bridgehead atoms. The zero-order valence-corrected chi connectivity index (χ0v) is 8.41. The van der Waals surface area contributed by atoms with Crippen molar-refractivity contribution >= 4 is 17.5 Å². The van der Waals surface area contributed by atoms with Gasteiger partial charge >= 0.3 is 0 Å². The van der Waals surface area contributed by atoms with Crippen LogP contribution in [0.4, 0.5) is 0 Å². The second-order valence-electron chi connectivity index (χ2n) is 3.36. The first-order valence-electron chi connectivity index (χ1n) is 4.55. The fraction of sp³-hybridized carbons (Fsp3) is 0.556. The topological polar surface area (TPSA) is 46.3 Å². The highest BCUT2D eigenvalue weighted by Crippen LogP contribution is 2.16. The van der Waals surface area contributed by atoms with E-state index < -0.39 is 0 Å². The summed E-state index contributed by atoms with van der Waals surface area (Å²) in [4.78, 5) is 16.9. The van der Waals surface area contributed by atoms with Crippen LogP contribution in [0.1, 0.15) is 12.2 Å². The number of halogens is 1. The Labute approximate surface area is 86.9 Å². The SMILES string of the molecule is O=C1CC(Cl)CN1CCc1cnco1. The van der Waals surface area contributed by atoms with Gasteiger partial charge in [-0.05, 0) is 0 Å². The van der Waals surface area contributed by atoms with Gasteiger partial charge in [-0.2, -0.15) is 0 Å². The van der Waals surface area contributed by atoms with Gasteiger partial charge in [0.25, 0.3) is 0 Å². The summed E-state index contributed by atoms with van der Waals surface area (Å²) in [5.41, 5.74) is 0. The minimum absolute atomic E-state index is 0.0303. The second kappa shape index (κ2) is 4.00. The molecule has 4 nitrogen and oxygen atoms in total. The number of amides is 1. The van der Waals surface area contributed by atoms with E-state index in [1.165, 1.54) is 6.39 Å². The van der Waals surface area contributed by atoms with Crippen LogP contribution in [0.15, 0.2) is 17.0 Å². The van der Waals surface area contributed by atoms with Crippen LogP contribution >= 0.6 is 11.6 Å². The predicted octanol–water partition coefficient (Wildman–Crippen LogP) is 1.06. The Hall–Kier alpha value is -1.03. The molecule has 1 aromatic heterocycles. The van der Waals surface area contributed by atoms with E-state index in [1.807, 2.05) is 0 Å². The van der Waals surface area contributed by atoms with Crippen LogP contribution in [0.5, 0.6) is 0 Å². The van der Waals surface area contributed by atoms with Crippen LogP contribution in [0, 0.1) is 0 Å². The first-order chi connectivity index (χ1) is 6.75. The van der Waals surface area contributed by atoms with Gasteiger partial charge in [-0.25, -0.2) is 4.98 Å². The molecule has 0 spiro atoms. The van der Waals surface area contributed by atoms with E-state index in [-0.39, 0.29) is 11.3 Å². The summed E-state index contributed by atoms with van der Waals surface area (Å²) in [5, 5.41) is -0.0303. The van der Waals surface area contributed by atoms with Gasteiger partial charge in [0.1, 0.15) is 5.76 Å². The molecule has 1 aliphatic heterocycles. The van der Waals surface area contributed by atoms with Crippen LogP contribution in [0.2, 0.25) is 0 Å². The van der Waals surface area contributed by atoms with E-state index in [9.17, 15) is 4.79 Å². The second-order valence-corrected chi connectivity index (χ2v) is 3.98. The molecule has 1 aromatic rings. The predicted molar refractivity (Wildman–Crippen MR) is 51.0 cm³/mol. The van der Waals surface area contributed by atoms with Crippen molar-refractivity contribution in [3.05, 3.63) is 18.4 Å². The van der Waals surface area contributed by atoms with Crippen molar-refractivity contribution in [3.8, 4) is 0 Å². The Balaban J connectivity index is 1.84. The molecule has 2 heterocycles. The third-order valence-electron chi connectivity index (χ3n) is 2.28.